The van der Waals surface area contributed by atoms with Crippen molar-refractivity contribution < 1.29 is 4.74 Å². The molecule has 0 aromatic carbocycles. The van der Waals surface area contributed by atoms with E-state index >= 15 is 0 Å². The number of hydrogen-bond donors (Lipinski definition) is 2. The quantitative estimate of drug-likeness (QED) is 0.593. The van der Waals surface area contributed by atoms with Crippen LogP contribution in [0.1, 0.15) is 26.7 Å². The summed E-state index contributed by atoms with van der Waals surface area (Å²) < 4.78 is 5.74. The highest BCUT2D eigenvalue weighted by Crippen LogP contribution is 2.32. The van der Waals surface area contributed by atoms with Gasteiger partial charge in [0.25, 0.3) is 0 Å². The van der Waals surface area contributed by atoms with Crippen LogP contribution in [-0.4, -0.2) is 49.8 Å². The molecule has 1 aliphatic heterocycles. The van der Waals surface area contributed by atoms with E-state index in [1.54, 1.807) is 0 Å². The lowest BCUT2D eigenvalue weighted by Crippen LogP contribution is -2.49. The fourth-order valence-corrected chi connectivity index (χ4v) is 2.70. The van der Waals surface area contributed by atoms with Crippen molar-refractivity contribution in [2.75, 3.05) is 33.1 Å². The Morgan fingerprint density at radius 2 is 2.06 bits per heavy atom. The van der Waals surface area contributed by atoms with Crippen LogP contribution in [0.2, 0.25) is 0 Å². The molecule has 0 aromatic heterocycles. The first kappa shape index (κ1) is 14.6. The molecule has 1 heterocycles. The fourth-order valence-electron chi connectivity index (χ4n) is 1.91. The molecule has 4 nitrogen and oxygen atoms in total. The molecule has 1 aliphatic rings. The molecule has 5 heteroatoms. The number of nitrogens with one attached hydrogen (secondary N) is 2. The van der Waals surface area contributed by atoms with Crippen molar-refractivity contribution in [1.82, 2.24) is 10.6 Å². The second-order valence-electron chi connectivity index (χ2n) is 4.72. The SMILES string of the molecule is CN=C(NCC1(SC)CCOCC1)NC(C)C. The standard InChI is InChI=1S/C12H25N3OS/c1-10(2)15-11(13-3)14-9-12(17-4)5-7-16-8-6-12/h10H,5-9H2,1-4H3,(H2,13,14,15). The average Bonchev–Trinajstić information content (AvgIpc) is 2.35. The second kappa shape index (κ2) is 7.11. The molecule has 0 aliphatic carbocycles. The van der Waals surface area contributed by atoms with Crippen molar-refractivity contribution in [1.29, 1.82) is 0 Å². The molecule has 0 saturated carbocycles. The van der Waals surface area contributed by atoms with Gasteiger partial charge in [-0.15, -0.1) is 0 Å². The summed E-state index contributed by atoms with van der Waals surface area (Å²) in [6.45, 7) is 6.93. The highest BCUT2D eigenvalue weighted by Gasteiger charge is 2.31. The van der Waals surface area contributed by atoms with Crippen LogP contribution in [0.3, 0.4) is 0 Å². The van der Waals surface area contributed by atoms with E-state index in [1.807, 2.05) is 18.8 Å². The number of nitrogens with zero attached hydrogens (tertiary/aromatic N) is 1. The minimum Gasteiger partial charge on any atom is -0.381 e. The minimum absolute atomic E-state index is 0.298. The van der Waals surface area contributed by atoms with E-state index in [0.717, 1.165) is 38.6 Å². The van der Waals surface area contributed by atoms with Gasteiger partial charge in [0.15, 0.2) is 5.96 Å². The van der Waals surface area contributed by atoms with Crippen molar-refractivity contribution in [2.45, 2.75) is 37.5 Å². The van der Waals surface area contributed by atoms with Gasteiger partial charge in [-0.05, 0) is 32.9 Å². The topological polar surface area (TPSA) is 45.7 Å². The molecule has 1 fully saturated rings. The summed E-state index contributed by atoms with van der Waals surface area (Å²) in [5, 5.41) is 6.73. The van der Waals surface area contributed by atoms with Crippen molar-refractivity contribution >= 4 is 17.7 Å². The normalized spacial score (nSPS) is 20.4. The number of thioether (sulfide) groups is 1. The fraction of sp³-hybridized carbons (Fsp3) is 0.917. The smallest absolute Gasteiger partial charge is 0.191 e. The molecule has 2 N–H and O–H groups in total. The molecule has 0 spiro atoms. The van der Waals surface area contributed by atoms with Gasteiger partial charge in [0, 0.05) is 37.6 Å². The Morgan fingerprint density at radius 1 is 1.41 bits per heavy atom. The van der Waals surface area contributed by atoms with Gasteiger partial charge in [-0.2, -0.15) is 11.8 Å². The molecule has 0 radical (unpaired) electrons. The Kier molecular flexibility index (Phi) is 6.12. The van der Waals surface area contributed by atoms with Gasteiger partial charge >= 0.3 is 0 Å². The third-order valence-electron chi connectivity index (χ3n) is 3.06. The maximum atomic E-state index is 5.44. The molecule has 0 unspecified atom stereocenters. The minimum atomic E-state index is 0.298. The average molecular weight is 259 g/mol. The summed E-state index contributed by atoms with van der Waals surface area (Å²) in [6, 6.07) is 0.404. The van der Waals surface area contributed by atoms with Gasteiger partial charge < -0.3 is 15.4 Å². The van der Waals surface area contributed by atoms with Crippen LogP contribution >= 0.6 is 11.8 Å². The number of rotatable bonds is 4. The van der Waals surface area contributed by atoms with E-state index in [-0.39, 0.29) is 0 Å². The zero-order valence-corrected chi connectivity index (χ0v) is 12.2. The van der Waals surface area contributed by atoms with Crippen LogP contribution in [-0.2, 0) is 4.74 Å². The zero-order valence-electron chi connectivity index (χ0n) is 11.4. The largest absolute Gasteiger partial charge is 0.381 e. The Morgan fingerprint density at radius 3 is 2.53 bits per heavy atom. The van der Waals surface area contributed by atoms with Crippen molar-refractivity contribution in [3.05, 3.63) is 0 Å². The lowest BCUT2D eigenvalue weighted by atomic mass is 9.99. The first-order chi connectivity index (χ1) is 8.12. The van der Waals surface area contributed by atoms with Crippen LogP contribution in [0.5, 0.6) is 0 Å². The highest BCUT2D eigenvalue weighted by molar-refractivity contribution is 8.00. The summed E-state index contributed by atoms with van der Waals surface area (Å²) >= 11 is 1.94. The zero-order chi connectivity index (χ0) is 12.7. The Balaban J connectivity index is 2.45. The molecule has 0 aromatic rings. The summed E-state index contributed by atoms with van der Waals surface area (Å²) in [4.78, 5) is 4.23. The second-order valence-corrected chi connectivity index (χ2v) is 6.00. The monoisotopic (exact) mass is 259 g/mol. The van der Waals surface area contributed by atoms with Crippen LogP contribution in [0.15, 0.2) is 4.99 Å². The third-order valence-corrected chi connectivity index (χ3v) is 4.48. The van der Waals surface area contributed by atoms with Crippen molar-refractivity contribution in [3.63, 3.8) is 0 Å². The van der Waals surface area contributed by atoms with Crippen LogP contribution in [0, 0.1) is 0 Å². The predicted octanol–water partition coefficient (Wildman–Crippen LogP) is 1.47. The van der Waals surface area contributed by atoms with E-state index in [2.05, 4.69) is 35.7 Å². The molecule has 1 saturated heterocycles. The molecule has 1 rings (SSSR count). The first-order valence-corrected chi connectivity index (χ1v) is 7.44. The molecule has 0 bridgehead atoms. The van der Waals surface area contributed by atoms with Crippen LogP contribution in [0.25, 0.3) is 0 Å². The van der Waals surface area contributed by atoms with Crippen LogP contribution in [0.4, 0.5) is 0 Å². The van der Waals surface area contributed by atoms with E-state index in [9.17, 15) is 0 Å². The molecular weight excluding hydrogens is 234 g/mol. The maximum absolute atomic E-state index is 5.44. The van der Waals surface area contributed by atoms with Gasteiger partial charge in [0.05, 0.1) is 0 Å². The van der Waals surface area contributed by atoms with E-state index in [1.165, 1.54) is 0 Å². The number of ether oxygens (including phenoxy) is 1. The lowest BCUT2D eigenvalue weighted by molar-refractivity contribution is 0.0782. The number of aliphatic imine (C=N–C) groups is 1. The summed E-state index contributed by atoms with van der Waals surface area (Å²) in [5.41, 5.74) is 0. The van der Waals surface area contributed by atoms with Gasteiger partial charge in [0.1, 0.15) is 0 Å². The molecule has 0 atom stereocenters. The summed E-state index contributed by atoms with van der Waals surface area (Å²) in [7, 11) is 1.81. The van der Waals surface area contributed by atoms with E-state index in [0.29, 0.717) is 10.8 Å². The lowest BCUT2D eigenvalue weighted by Gasteiger charge is -2.36. The van der Waals surface area contributed by atoms with Crippen molar-refractivity contribution in [2.24, 2.45) is 4.99 Å². The Bertz CT molecular complexity index is 250. The molecule has 100 valence electrons. The number of guanidine groups is 1. The maximum Gasteiger partial charge on any atom is 0.191 e. The van der Waals surface area contributed by atoms with E-state index < -0.39 is 0 Å². The molecular formula is C12H25N3OS. The third kappa shape index (κ3) is 4.76. The van der Waals surface area contributed by atoms with Crippen LogP contribution < -0.4 is 10.6 Å². The van der Waals surface area contributed by atoms with Gasteiger partial charge in [-0.25, -0.2) is 0 Å². The van der Waals surface area contributed by atoms with Gasteiger partial charge in [-0.3, -0.25) is 4.99 Å². The van der Waals surface area contributed by atoms with Crippen molar-refractivity contribution in [3.8, 4) is 0 Å². The highest BCUT2D eigenvalue weighted by atomic mass is 32.2. The molecule has 17 heavy (non-hydrogen) atoms. The van der Waals surface area contributed by atoms with E-state index in [4.69, 9.17) is 4.74 Å². The Hall–Kier alpha value is -0.420. The number of hydrogen-bond acceptors (Lipinski definition) is 3. The summed E-state index contributed by atoms with van der Waals surface area (Å²) in [6.07, 6.45) is 4.41. The van der Waals surface area contributed by atoms with Gasteiger partial charge in [0.2, 0.25) is 0 Å². The summed E-state index contributed by atoms with van der Waals surface area (Å²) in [5.74, 6) is 0.889. The first-order valence-electron chi connectivity index (χ1n) is 6.22. The van der Waals surface area contributed by atoms with Gasteiger partial charge in [-0.1, -0.05) is 0 Å². The Labute approximate surface area is 109 Å². The predicted molar refractivity (Wildman–Crippen MR) is 75.9 cm³/mol. The molecule has 0 amide bonds.